The van der Waals surface area contributed by atoms with Gasteiger partial charge in [0.2, 0.25) is 0 Å². The first kappa shape index (κ1) is 28.7. The maximum absolute atomic E-state index is 13.2. The fourth-order valence-corrected chi connectivity index (χ4v) is 5.48. The zero-order valence-electron chi connectivity index (χ0n) is 21.2. The summed E-state index contributed by atoms with van der Waals surface area (Å²) in [6.07, 6.45) is -14.0. The second kappa shape index (κ2) is 10.1. The average Bonchev–Trinajstić information content (AvgIpc) is 3.63. The zero-order chi connectivity index (χ0) is 30.0. The second-order valence-corrected chi connectivity index (χ2v) is 10.5. The molecule has 4 aromatic rings. The van der Waals surface area contributed by atoms with Crippen molar-refractivity contribution in [2.45, 2.75) is 42.4 Å². The van der Waals surface area contributed by atoms with Crippen molar-refractivity contribution in [1.29, 1.82) is 0 Å². The molecule has 1 aromatic heterocycles. The van der Waals surface area contributed by atoms with Crippen molar-refractivity contribution in [3.63, 3.8) is 0 Å². The van der Waals surface area contributed by atoms with Crippen molar-refractivity contribution in [3.8, 4) is 28.3 Å². The molecule has 6 rings (SSSR count). The molecule has 0 amide bonds. The predicted octanol–water partition coefficient (Wildman–Crippen LogP) is 5.77. The molecule has 3 aromatic carbocycles. The van der Waals surface area contributed by atoms with Gasteiger partial charge in [0.1, 0.15) is 18.3 Å². The molecule has 222 valence electrons. The van der Waals surface area contributed by atoms with Gasteiger partial charge in [-0.1, -0.05) is 60.1 Å². The number of halogens is 7. The number of aliphatic hydroxyl groups excluding tert-OH is 1. The SMILES string of the molecule is O[C@@H]1CO[C@H]2[C@@H]1OC[C@H]2Oc1nc2cc(-c3ccc(-c4ccc(C(O)(C(F)(F)F)C(F)(F)F)cc4)cc3)c(Cl)cc2[nH]1. The van der Waals surface area contributed by atoms with Gasteiger partial charge in [0.25, 0.3) is 11.6 Å². The zero-order valence-corrected chi connectivity index (χ0v) is 22.0. The van der Waals surface area contributed by atoms with Crippen LogP contribution >= 0.6 is 11.6 Å². The molecule has 3 heterocycles. The van der Waals surface area contributed by atoms with Gasteiger partial charge in [-0.2, -0.15) is 31.3 Å². The van der Waals surface area contributed by atoms with E-state index in [4.69, 9.17) is 25.8 Å². The molecule has 42 heavy (non-hydrogen) atoms. The van der Waals surface area contributed by atoms with Crippen molar-refractivity contribution < 1.29 is 50.8 Å². The molecule has 2 aliphatic heterocycles. The van der Waals surface area contributed by atoms with E-state index in [2.05, 4.69) is 9.97 Å². The highest BCUT2D eigenvalue weighted by Gasteiger charge is 2.71. The number of aliphatic hydroxyl groups is 2. The first-order chi connectivity index (χ1) is 19.8. The number of benzene rings is 3. The number of nitrogens with zero attached hydrogens (tertiary/aromatic N) is 1. The van der Waals surface area contributed by atoms with Gasteiger partial charge in [-0.3, -0.25) is 0 Å². The Morgan fingerprint density at radius 3 is 2.02 bits per heavy atom. The number of imidazole rings is 1. The van der Waals surface area contributed by atoms with Crippen LogP contribution in [0.1, 0.15) is 5.56 Å². The van der Waals surface area contributed by atoms with E-state index in [0.29, 0.717) is 50.4 Å². The van der Waals surface area contributed by atoms with Crippen LogP contribution in [-0.2, 0) is 15.1 Å². The van der Waals surface area contributed by atoms with Gasteiger partial charge in [-0.15, -0.1) is 0 Å². The van der Waals surface area contributed by atoms with E-state index in [1.807, 2.05) is 0 Å². The van der Waals surface area contributed by atoms with Crippen LogP contribution in [0.5, 0.6) is 6.01 Å². The molecule has 0 unspecified atom stereocenters. The molecule has 2 aliphatic rings. The minimum Gasteiger partial charge on any atom is -0.456 e. The summed E-state index contributed by atoms with van der Waals surface area (Å²) in [7, 11) is 0. The number of aromatic nitrogens is 2. The van der Waals surface area contributed by atoms with Crippen molar-refractivity contribution in [3.05, 3.63) is 71.2 Å². The molecule has 2 fully saturated rings. The largest absolute Gasteiger partial charge is 0.456 e. The summed E-state index contributed by atoms with van der Waals surface area (Å²) in [5.74, 6) is 0. The highest BCUT2D eigenvalue weighted by Crippen LogP contribution is 2.50. The van der Waals surface area contributed by atoms with Crippen LogP contribution in [0.15, 0.2) is 60.7 Å². The number of alkyl halides is 6. The smallest absolute Gasteiger partial charge is 0.430 e. The fraction of sp³-hybridized carbons (Fsp3) is 0.321. The van der Waals surface area contributed by atoms with Crippen LogP contribution in [0.4, 0.5) is 26.3 Å². The minimum atomic E-state index is -5.96. The van der Waals surface area contributed by atoms with Gasteiger partial charge in [-0.25, -0.2) is 0 Å². The number of nitrogens with one attached hydrogen (secondary N) is 1. The van der Waals surface area contributed by atoms with Crippen LogP contribution in [0.3, 0.4) is 0 Å². The van der Waals surface area contributed by atoms with E-state index in [1.165, 1.54) is 0 Å². The van der Waals surface area contributed by atoms with Crippen LogP contribution in [0.25, 0.3) is 33.3 Å². The Bertz CT molecular complexity index is 1590. The van der Waals surface area contributed by atoms with Gasteiger partial charge in [-0.05, 0) is 28.8 Å². The summed E-state index contributed by atoms with van der Waals surface area (Å²) in [4.78, 5) is 7.52. The number of fused-ring (bicyclic) bond motifs is 2. The van der Waals surface area contributed by atoms with Gasteiger partial charge in [0, 0.05) is 11.1 Å². The number of hydrogen-bond donors (Lipinski definition) is 3. The topological polar surface area (TPSA) is 96.8 Å². The number of H-pyrrole nitrogens is 1. The Labute approximate surface area is 238 Å². The number of ether oxygens (including phenoxy) is 3. The Morgan fingerprint density at radius 1 is 0.833 bits per heavy atom. The number of aromatic amines is 1. The Morgan fingerprint density at radius 2 is 1.40 bits per heavy atom. The lowest BCUT2D eigenvalue weighted by Gasteiger charge is -2.32. The van der Waals surface area contributed by atoms with Crippen LogP contribution in [-0.4, -0.2) is 70.2 Å². The van der Waals surface area contributed by atoms with Crippen molar-refractivity contribution in [2.24, 2.45) is 0 Å². The summed E-state index contributed by atoms with van der Waals surface area (Å²) < 4.78 is 96.2. The molecule has 3 N–H and O–H groups in total. The maximum Gasteiger partial charge on any atom is 0.430 e. The molecule has 0 aliphatic carbocycles. The third-order valence-electron chi connectivity index (χ3n) is 7.45. The molecular formula is C28H21ClF6N2O5. The highest BCUT2D eigenvalue weighted by molar-refractivity contribution is 6.34. The van der Waals surface area contributed by atoms with Crippen molar-refractivity contribution in [1.82, 2.24) is 9.97 Å². The van der Waals surface area contributed by atoms with Crippen LogP contribution in [0, 0.1) is 0 Å². The average molecular weight is 615 g/mol. The molecule has 0 saturated carbocycles. The van der Waals surface area contributed by atoms with Gasteiger partial charge in [0.05, 0.1) is 29.3 Å². The summed E-state index contributed by atoms with van der Waals surface area (Å²) in [6.45, 7) is 0.397. The monoisotopic (exact) mass is 614 g/mol. The summed E-state index contributed by atoms with van der Waals surface area (Å²) in [6, 6.07) is 13.6. The quantitative estimate of drug-likeness (QED) is 0.247. The molecule has 7 nitrogen and oxygen atoms in total. The third-order valence-corrected chi connectivity index (χ3v) is 7.76. The molecule has 14 heteroatoms. The predicted molar refractivity (Wildman–Crippen MR) is 138 cm³/mol. The molecule has 2 saturated heterocycles. The minimum absolute atomic E-state index is 0.165. The molecular weight excluding hydrogens is 594 g/mol. The first-order valence-corrected chi connectivity index (χ1v) is 13.0. The van der Waals surface area contributed by atoms with E-state index >= 15 is 0 Å². The van der Waals surface area contributed by atoms with Gasteiger partial charge in [0.15, 0.2) is 6.10 Å². The lowest BCUT2D eigenvalue weighted by atomic mass is 9.90. The Hall–Kier alpha value is -3.36. The van der Waals surface area contributed by atoms with E-state index in [1.54, 1.807) is 36.4 Å². The van der Waals surface area contributed by atoms with Gasteiger partial charge < -0.3 is 29.4 Å². The number of rotatable bonds is 5. The maximum atomic E-state index is 13.2. The normalized spacial score (nSPS) is 23.0. The molecule has 0 spiro atoms. The molecule has 0 radical (unpaired) electrons. The van der Waals surface area contributed by atoms with Crippen molar-refractivity contribution in [2.75, 3.05) is 13.2 Å². The van der Waals surface area contributed by atoms with E-state index in [-0.39, 0.29) is 19.2 Å². The van der Waals surface area contributed by atoms with E-state index in [0.717, 1.165) is 12.1 Å². The first-order valence-electron chi connectivity index (χ1n) is 12.6. The Balaban J connectivity index is 1.22. The molecule has 0 bridgehead atoms. The van der Waals surface area contributed by atoms with E-state index in [9.17, 15) is 36.6 Å². The number of hydrogen-bond acceptors (Lipinski definition) is 6. The standard InChI is InChI=1S/C28H21ClF6N2O5/c29-18-10-20-19(36-25(37-20)42-22-12-41-23-21(38)11-40-24(22)23)9-17(18)15-3-1-13(2-4-15)14-5-7-16(8-6-14)26(39,27(30,31)32)28(33,34)35/h1-10,21-24,38-39H,11-12H2,(H,36,37)/t21-,22-,23-,24-/m1/s1. The summed E-state index contributed by atoms with van der Waals surface area (Å²) in [5, 5.41) is 19.9. The lowest BCUT2D eigenvalue weighted by molar-refractivity contribution is -0.376. The highest BCUT2D eigenvalue weighted by atomic mass is 35.5. The lowest BCUT2D eigenvalue weighted by Crippen LogP contribution is -2.53. The second-order valence-electron chi connectivity index (χ2n) is 10.1. The third kappa shape index (κ3) is 4.78. The fourth-order valence-electron chi connectivity index (χ4n) is 5.21. The summed E-state index contributed by atoms with van der Waals surface area (Å²) >= 11 is 6.53. The van der Waals surface area contributed by atoms with E-state index < -0.39 is 47.9 Å². The summed E-state index contributed by atoms with van der Waals surface area (Å²) in [5.41, 5.74) is -3.02. The molecule has 4 atom stereocenters. The van der Waals surface area contributed by atoms with Gasteiger partial charge >= 0.3 is 12.4 Å². The van der Waals surface area contributed by atoms with Crippen LogP contribution in [0.2, 0.25) is 5.02 Å². The Kier molecular flexibility index (Phi) is 6.93. The van der Waals surface area contributed by atoms with Crippen molar-refractivity contribution >= 4 is 22.6 Å². The van der Waals surface area contributed by atoms with Crippen LogP contribution < -0.4 is 4.74 Å².